The lowest BCUT2D eigenvalue weighted by atomic mass is 10.1. The number of carbonyl (C=O) groups excluding carboxylic acids is 1. The number of aliphatic carboxylic acids is 1. The molecule has 0 saturated carbocycles. The highest BCUT2D eigenvalue weighted by atomic mass is 19.1. The molecule has 2 N–H and O–H groups in total. The minimum absolute atomic E-state index is 0.0336. The molecule has 1 atom stereocenters. The molecule has 0 unspecified atom stereocenters. The predicted molar refractivity (Wildman–Crippen MR) is 73.5 cm³/mol. The first-order chi connectivity index (χ1) is 9.79. The van der Waals surface area contributed by atoms with Gasteiger partial charge in [0.25, 0.3) is 5.91 Å². The summed E-state index contributed by atoms with van der Waals surface area (Å²) in [5.74, 6) is -2.51. The van der Waals surface area contributed by atoms with E-state index in [9.17, 15) is 14.0 Å². The zero-order chi connectivity index (χ0) is 15.7. The summed E-state index contributed by atoms with van der Waals surface area (Å²) in [6, 6.07) is 1.12. The maximum absolute atomic E-state index is 13.6. The van der Waals surface area contributed by atoms with Crippen LogP contribution >= 0.6 is 0 Å². The Balaban J connectivity index is 2.55. The van der Waals surface area contributed by atoms with Crippen molar-refractivity contribution < 1.29 is 19.1 Å². The summed E-state index contributed by atoms with van der Waals surface area (Å²) in [7, 11) is 0. The van der Waals surface area contributed by atoms with Gasteiger partial charge >= 0.3 is 5.97 Å². The standard InChI is InChI=1S/C14H14FN3O3/c1-6-7(2)17-12-10(4-9(15)5-11(12)16-6)13(19)18-8(3)14(20)21/h4-5,8H,1-3H3,(H,18,19)(H,20,21)/t8-/m0/s1. The molecule has 0 radical (unpaired) electrons. The van der Waals surface area contributed by atoms with Gasteiger partial charge in [0, 0.05) is 6.07 Å². The number of hydrogen-bond donors (Lipinski definition) is 2. The van der Waals surface area contributed by atoms with Crippen molar-refractivity contribution in [3.8, 4) is 0 Å². The fraction of sp³-hybridized carbons (Fsp3) is 0.286. The van der Waals surface area contributed by atoms with Gasteiger partial charge in [0.2, 0.25) is 0 Å². The van der Waals surface area contributed by atoms with Crippen LogP contribution in [-0.2, 0) is 4.79 Å². The van der Waals surface area contributed by atoms with Crippen molar-refractivity contribution in [1.29, 1.82) is 0 Å². The average molecular weight is 291 g/mol. The van der Waals surface area contributed by atoms with Crippen LogP contribution in [0.15, 0.2) is 12.1 Å². The first-order valence-corrected chi connectivity index (χ1v) is 6.27. The highest BCUT2D eigenvalue weighted by Gasteiger charge is 2.19. The lowest BCUT2D eigenvalue weighted by Crippen LogP contribution is -2.38. The lowest BCUT2D eigenvalue weighted by Gasteiger charge is -2.11. The zero-order valence-electron chi connectivity index (χ0n) is 11.8. The molecule has 110 valence electrons. The summed E-state index contributed by atoms with van der Waals surface area (Å²) in [6.45, 7) is 4.79. The second kappa shape index (κ2) is 5.43. The first kappa shape index (κ1) is 14.8. The van der Waals surface area contributed by atoms with E-state index in [0.717, 1.165) is 6.07 Å². The van der Waals surface area contributed by atoms with Gasteiger partial charge in [-0.3, -0.25) is 9.59 Å². The Kier molecular flexibility index (Phi) is 3.84. The number of hydrogen-bond acceptors (Lipinski definition) is 4. The van der Waals surface area contributed by atoms with Crippen molar-refractivity contribution in [3.63, 3.8) is 0 Å². The number of nitrogens with zero attached hydrogens (tertiary/aromatic N) is 2. The molecule has 0 aliphatic heterocycles. The van der Waals surface area contributed by atoms with Crippen LogP contribution in [0, 0.1) is 19.7 Å². The molecule has 0 fully saturated rings. The summed E-state index contributed by atoms with van der Waals surface area (Å²) in [5.41, 5.74) is 1.72. The Bertz CT molecular complexity index is 746. The molecular weight excluding hydrogens is 277 g/mol. The van der Waals surface area contributed by atoms with E-state index in [2.05, 4.69) is 15.3 Å². The smallest absolute Gasteiger partial charge is 0.325 e. The third-order valence-electron chi connectivity index (χ3n) is 3.11. The molecule has 7 heteroatoms. The van der Waals surface area contributed by atoms with E-state index in [1.807, 2.05) is 0 Å². The van der Waals surface area contributed by atoms with E-state index in [-0.39, 0.29) is 16.6 Å². The predicted octanol–water partition coefficient (Wildman–Crippen LogP) is 1.59. The Hall–Kier alpha value is -2.57. The van der Waals surface area contributed by atoms with Crippen LogP contribution in [0.5, 0.6) is 0 Å². The SMILES string of the molecule is Cc1nc2cc(F)cc(C(=O)N[C@@H](C)C(=O)O)c2nc1C. The maximum atomic E-state index is 13.6. The van der Waals surface area contributed by atoms with Crippen molar-refractivity contribution in [1.82, 2.24) is 15.3 Å². The number of aromatic nitrogens is 2. The van der Waals surface area contributed by atoms with Crippen LogP contribution in [0.1, 0.15) is 28.7 Å². The van der Waals surface area contributed by atoms with E-state index in [1.165, 1.54) is 13.0 Å². The molecule has 2 rings (SSSR count). The fourth-order valence-electron chi connectivity index (χ4n) is 1.81. The fourth-order valence-corrected chi connectivity index (χ4v) is 1.81. The summed E-state index contributed by atoms with van der Waals surface area (Å²) in [5, 5.41) is 11.1. The molecule has 1 amide bonds. The Morgan fingerprint density at radius 2 is 1.86 bits per heavy atom. The van der Waals surface area contributed by atoms with Gasteiger partial charge in [-0.1, -0.05) is 0 Å². The minimum Gasteiger partial charge on any atom is -0.480 e. The van der Waals surface area contributed by atoms with Gasteiger partial charge in [0.05, 0.1) is 22.5 Å². The Morgan fingerprint density at radius 1 is 1.24 bits per heavy atom. The quantitative estimate of drug-likeness (QED) is 0.896. The molecule has 1 aromatic heterocycles. The Labute approximate surface area is 120 Å². The van der Waals surface area contributed by atoms with Gasteiger partial charge in [0.1, 0.15) is 17.4 Å². The normalized spacial score (nSPS) is 12.2. The number of fused-ring (bicyclic) bond motifs is 1. The van der Waals surface area contributed by atoms with Crippen LogP contribution in [0.3, 0.4) is 0 Å². The summed E-state index contributed by atoms with van der Waals surface area (Å²) >= 11 is 0. The summed E-state index contributed by atoms with van der Waals surface area (Å²) < 4.78 is 13.6. The number of rotatable bonds is 3. The lowest BCUT2D eigenvalue weighted by molar-refractivity contribution is -0.138. The highest BCUT2D eigenvalue weighted by molar-refractivity contribution is 6.05. The Morgan fingerprint density at radius 3 is 2.48 bits per heavy atom. The maximum Gasteiger partial charge on any atom is 0.325 e. The van der Waals surface area contributed by atoms with E-state index < -0.39 is 23.7 Å². The van der Waals surface area contributed by atoms with Crippen LogP contribution in [0.25, 0.3) is 11.0 Å². The number of carboxylic acids is 1. The third-order valence-corrected chi connectivity index (χ3v) is 3.11. The van der Waals surface area contributed by atoms with Crippen LogP contribution in [0.4, 0.5) is 4.39 Å². The number of benzene rings is 1. The third kappa shape index (κ3) is 2.96. The monoisotopic (exact) mass is 291 g/mol. The van der Waals surface area contributed by atoms with Crippen molar-refractivity contribution in [2.45, 2.75) is 26.8 Å². The van der Waals surface area contributed by atoms with Gasteiger partial charge in [0.15, 0.2) is 0 Å². The van der Waals surface area contributed by atoms with Crippen LogP contribution in [-0.4, -0.2) is 33.0 Å². The zero-order valence-corrected chi connectivity index (χ0v) is 11.8. The second-order valence-corrected chi connectivity index (χ2v) is 4.75. The van der Waals surface area contributed by atoms with Crippen molar-refractivity contribution in [2.24, 2.45) is 0 Å². The molecule has 1 aromatic carbocycles. The topological polar surface area (TPSA) is 92.2 Å². The van der Waals surface area contributed by atoms with Crippen LogP contribution < -0.4 is 5.32 Å². The molecule has 2 aromatic rings. The van der Waals surface area contributed by atoms with Gasteiger partial charge in [-0.25, -0.2) is 14.4 Å². The van der Waals surface area contributed by atoms with Crippen LogP contribution in [0.2, 0.25) is 0 Å². The minimum atomic E-state index is -1.18. The van der Waals surface area contributed by atoms with Gasteiger partial charge in [-0.15, -0.1) is 0 Å². The van der Waals surface area contributed by atoms with Crippen molar-refractivity contribution in [3.05, 3.63) is 34.9 Å². The number of carbonyl (C=O) groups is 2. The average Bonchev–Trinajstić information content (AvgIpc) is 2.39. The largest absolute Gasteiger partial charge is 0.480 e. The number of carboxylic acid groups (broad SMARTS) is 1. The first-order valence-electron chi connectivity index (χ1n) is 6.27. The number of halogens is 1. The van der Waals surface area contributed by atoms with Crippen molar-refractivity contribution >= 4 is 22.9 Å². The molecule has 0 bridgehead atoms. The summed E-state index contributed by atoms with van der Waals surface area (Å²) in [6.07, 6.45) is 0. The van der Waals surface area contributed by atoms with E-state index >= 15 is 0 Å². The van der Waals surface area contributed by atoms with Gasteiger partial charge in [-0.05, 0) is 26.8 Å². The van der Waals surface area contributed by atoms with E-state index in [0.29, 0.717) is 11.4 Å². The number of amides is 1. The highest BCUT2D eigenvalue weighted by Crippen LogP contribution is 2.19. The molecule has 0 saturated heterocycles. The van der Waals surface area contributed by atoms with Gasteiger partial charge in [-0.2, -0.15) is 0 Å². The van der Waals surface area contributed by atoms with E-state index in [1.54, 1.807) is 13.8 Å². The molecule has 6 nitrogen and oxygen atoms in total. The van der Waals surface area contributed by atoms with Gasteiger partial charge < -0.3 is 10.4 Å². The number of aryl methyl sites for hydroxylation is 2. The molecular formula is C14H14FN3O3. The number of nitrogens with one attached hydrogen (secondary N) is 1. The molecule has 1 heterocycles. The molecule has 21 heavy (non-hydrogen) atoms. The molecule has 0 aliphatic carbocycles. The molecule has 0 spiro atoms. The van der Waals surface area contributed by atoms with Crippen molar-refractivity contribution in [2.75, 3.05) is 0 Å². The van der Waals surface area contributed by atoms with E-state index in [4.69, 9.17) is 5.11 Å². The summed E-state index contributed by atoms with van der Waals surface area (Å²) in [4.78, 5) is 31.3. The molecule has 0 aliphatic rings. The second-order valence-electron chi connectivity index (χ2n) is 4.75.